The molecule has 166 valence electrons. The summed E-state index contributed by atoms with van der Waals surface area (Å²) in [5, 5.41) is 23.9. The SMILES string of the molecule is C[C@H](O)c1nccn1[C@@H](C#Cc1ccc(-c2ccc([C@@H]3Cc4ncnn4C3)cc2)cc1)CO. The van der Waals surface area contributed by atoms with Crippen LogP contribution in [0.25, 0.3) is 11.1 Å². The van der Waals surface area contributed by atoms with E-state index >= 15 is 0 Å². The predicted molar refractivity (Wildman–Crippen MR) is 124 cm³/mol. The first kappa shape index (κ1) is 21.1. The van der Waals surface area contributed by atoms with E-state index in [0.717, 1.165) is 35.5 Å². The van der Waals surface area contributed by atoms with E-state index < -0.39 is 12.1 Å². The number of hydrogen-bond donors (Lipinski definition) is 2. The molecule has 2 N–H and O–H groups in total. The summed E-state index contributed by atoms with van der Waals surface area (Å²) >= 11 is 0. The molecule has 0 amide bonds. The third kappa shape index (κ3) is 4.31. The number of imidazole rings is 1. The summed E-state index contributed by atoms with van der Waals surface area (Å²) in [6.07, 6.45) is 5.15. The van der Waals surface area contributed by atoms with Crippen molar-refractivity contribution in [3.05, 3.63) is 90.0 Å². The maximum Gasteiger partial charge on any atom is 0.138 e. The summed E-state index contributed by atoms with van der Waals surface area (Å²) in [6.45, 7) is 2.37. The van der Waals surface area contributed by atoms with E-state index in [9.17, 15) is 10.2 Å². The predicted octanol–water partition coefficient (Wildman–Crippen LogP) is 3.12. The van der Waals surface area contributed by atoms with E-state index in [1.807, 2.05) is 16.8 Å². The summed E-state index contributed by atoms with van der Waals surface area (Å²) < 4.78 is 3.69. The van der Waals surface area contributed by atoms with Gasteiger partial charge in [-0.1, -0.05) is 48.2 Å². The number of aliphatic hydroxyl groups is 2. The first-order valence-corrected chi connectivity index (χ1v) is 11.0. The maximum absolute atomic E-state index is 9.85. The van der Waals surface area contributed by atoms with Gasteiger partial charge in [0.25, 0.3) is 0 Å². The van der Waals surface area contributed by atoms with Crippen LogP contribution in [0.5, 0.6) is 0 Å². The van der Waals surface area contributed by atoms with E-state index in [4.69, 9.17) is 0 Å². The zero-order chi connectivity index (χ0) is 22.8. The monoisotopic (exact) mass is 439 g/mol. The van der Waals surface area contributed by atoms with Gasteiger partial charge in [0.15, 0.2) is 0 Å². The fourth-order valence-corrected chi connectivity index (χ4v) is 4.29. The molecule has 2 aromatic carbocycles. The van der Waals surface area contributed by atoms with Gasteiger partial charge in [-0.3, -0.25) is 0 Å². The fraction of sp³-hybridized carbons (Fsp3) is 0.269. The highest BCUT2D eigenvalue weighted by molar-refractivity contribution is 5.64. The Kier molecular flexibility index (Phi) is 5.78. The molecule has 0 saturated heterocycles. The molecule has 0 unspecified atom stereocenters. The molecule has 0 radical (unpaired) electrons. The standard InChI is InChI=1S/C26H25N5O2/c1-18(33)26-27-12-13-30(26)24(16-32)11-4-19-2-5-20(6-3-19)21-7-9-22(10-8-21)23-14-25-28-17-29-31(25)15-23/h2-3,5-10,12-13,17-18,23-24,32-33H,14-16H2,1H3/t18-,23+,24-/m0/s1. The largest absolute Gasteiger partial charge is 0.393 e. The number of nitrogens with zero attached hydrogens (tertiary/aromatic N) is 5. The number of fused-ring (bicyclic) bond motifs is 1. The minimum absolute atomic E-state index is 0.161. The molecule has 4 aromatic rings. The third-order valence-electron chi connectivity index (χ3n) is 6.08. The average Bonchev–Trinajstić information content (AvgIpc) is 3.57. The Bertz CT molecular complexity index is 1270. The van der Waals surface area contributed by atoms with E-state index in [2.05, 4.69) is 63.3 Å². The molecule has 3 atom stereocenters. The number of aromatic nitrogens is 5. The molecule has 0 bridgehead atoms. The van der Waals surface area contributed by atoms with Crippen LogP contribution in [0, 0.1) is 11.8 Å². The smallest absolute Gasteiger partial charge is 0.138 e. The quantitative estimate of drug-likeness (QED) is 0.467. The molecule has 1 aliphatic heterocycles. The van der Waals surface area contributed by atoms with Crippen LogP contribution >= 0.6 is 0 Å². The Morgan fingerprint density at radius 2 is 1.79 bits per heavy atom. The first-order valence-electron chi connectivity index (χ1n) is 11.0. The number of rotatable bonds is 5. The van der Waals surface area contributed by atoms with Crippen molar-refractivity contribution in [2.24, 2.45) is 0 Å². The van der Waals surface area contributed by atoms with Crippen LogP contribution in [0.2, 0.25) is 0 Å². The second-order valence-electron chi connectivity index (χ2n) is 8.30. The van der Waals surface area contributed by atoms with E-state index in [0.29, 0.717) is 11.7 Å². The van der Waals surface area contributed by atoms with Crippen LogP contribution in [0.3, 0.4) is 0 Å². The van der Waals surface area contributed by atoms with Gasteiger partial charge < -0.3 is 14.8 Å². The molecular weight excluding hydrogens is 414 g/mol. The lowest BCUT2D eigenvalue weighted by atomic mass is 9.95. The lowest BCUT2D eigenvalue weighted by molar-refractivity contribution is 0.176. The topological polar surface area (TPSA) is 89.0 Å². The number of hydrogen-bond acceptors (Lipinski definition) is 5. The van der Waals surface area contributed by atoms with Crippen molar-refractivity contribution in [3.8, 4) is 23.0 Å². The normalized spacial score (nSPS) is 16.6. The van der Waals surface area contributed by atoms with Gasteiger partial charge in [0, 0.05) is 30.3 Å². The molecule has 7 heteroatoms. The van der Waals surface area contributed by atoms with Crippen LogP contribution in [-0.4, -0.2) is 41.1 Å². The minimum atomic E-state index is -0.727. The van der Waals surface area contributed by atoms with Gasteiger partial charge in [-0.15, -0.1) is 0 Å². The number of aliphatic hydroxyl groups excluding tert-OH is 2. The summed E-state index contributed by atoms with van der Waals surface area (Å²) in [5.41, 5.74) is 4.44. The number of benzene rings is 2. The van der Waals surface area contributed by atoms with Gasteiger partial charge in [-0.25, -0.2) is 14.6 Å². The zero-order valence-electron chi connectivity index (χ0n) is 18.3. The highest BCUT2D eigenvalue weighted by atomic mass is 16.3. The van der Waals surface area contributed by atoms with Crippen molar-refractivity contribution in [1.29, 1.82) is 0 Å². The molecule has 0 spiro atoms. The Hall–Kier alpha value is -3.73. The summed E-state index contributed by atoms with van der Waals surface area (Å²) in [4.78, 5) is 8.47. The van der Waals surface area contributed by atoms with Gasteiger partial charge in [-0.2, -0.15) is 5.10 Å². The Labute approximate surface area is 192 Å². The zero-order valence-corrected chi connectivity index (χ0v) is 18.3. The Morgan fingerprint density at radius 3 is 2.45 bits per heavy atom. The van der Waals surface area contributed by atoms with Gasteiger partial charge in [0.2, 0.25) is 0 Å². The fourth-order valence-electron chi connectivity index (χ4n) is 4.29. The van der Waals surface area contributed by atoms with Crippen LogP contribution in [0.15, 0.2) is 67.3 Å². The van der Waals surface area contributed by atoms with Crippen LogP contribution < -0.4 is 0 Å². The molecule has 0 aliphatic carbocycles. The van der Waals surface area contributed by atoms with Crippen molar-refractivity contribution in [3.63, 3.8) is 0 Å². The molecular formula is C26H25N5O2. The van der Waals surface area contributed by atoms with Gasteiger partial charge in [-0.05, 0) is 35.7 Å². The summed E-state index contributed by atoms with van der Waals surface area (Å²) in [6, 6.07) is 16.3. The van der Waals surface area contributed by atoms with Crippen molar-refractivity contribution >= 4 is 0 Å². The van der Waals surface area contributed by atoms with Crippen molar-refractivity contribution in [1.82, 2.24) is 24.3 Å². The van der Waals surface area contributed by atoms with Gasteiger partial charge >= 0.3 is 0 Å². The molecule has 5 rings (SSSR count). The van der Waals surface area contributed by atoms with E-state index in [1.165, 1.54) is 5.56 Å². The highest BCUT2D eigenvalue weighted by Crippen LogP contribution is 2.29. The lowest BCUT2D eigenvalue weighted by Gasteiger charge is -2.14. The third-order valence-corrected chi connectivity index (χ3v) is 6.08. The maximum atomic E-state index is 9.85. The van der Waals surface area contributed by atoms with Crippen molar-refractivity contribution < 1.29 is 10.2 Å². The van der Waals surface area contributed by atoms with Crippen LogP contribution in [0.4, 0.5) is 0 Å². The van der Waals surface area contributed by atoms with Crippen molar-refractivity contribution in [2.45, 2.75) is 38.0 Å². The van der Waals surface area contributed by atoms with Crippen LogP contribution in [0.1, 0.15) is 47.8 Å². The van der Waals surface area contributed by atoms with Crippen molar-refractivity contribution in [2.75, 3.05) is 6.61 Å². The first-order chi connectivity index (χ1) is 16.1. The Morgan fingerprint density at radius 1 is 1.06 bits per heavy atom. The minimum Gasteiger partial charge on any atom is -0.393 e. The highest BCUT2D eigenvalue weighted by Gasteiger charge is 2.24. The molecule has 0 saturated carbocycles. The molecule has 2 aromatic heterocycles. The summed E-state index contributed by atoms with van der Waals surface area (Å²) in [5.74, 6) is 8.18. The van der Waals surface area contributed by atoms with Gasteiger partial charge in [0.05, 0.1) is 13.2 Å². The molecule has 7 nitrogen and oxygen atoms in total. The lowest BCUT2D eigenvalue weighted by Crippen LogP contribution is -2.15. The second-order valence-corrected chi connectivity index (χ2v) is 8.30. The van der Waals surface area contributed by atoms with E-state index in [1.54, 1.807) is 30.2 Å². The van der Waals surface area contributed by atoms with Gasteiger partial charge in [0.1, 0.15) is 30.1 Å². The molecule has 1 aliphatic rings. The average molecular weight is 440 g/mol. The van der Waals surface area contributed by atoms with Crippen LogP contribution in [-0.2, 0) is 13.0 Å². The molecule has 0 fully saturated rings. The molecule has 33 heavy (non-hydrogen) atoms. The second kappa shape index (κ2) is 9.02. The Balaban J connectivity index is 1.28. The summed E-state index contributed by atoms with van der Waals surface area (Å²) in [7, 11) is 0. The van der Waals surface area contributed by atoms with E-state index in [-0.39, 0.29) is 6.61 Å². The molecule has 3 heterocycles.